The fourth-order valence-corrected chi connectivity index (χ4v) is 1.44. The van der Waals surface area contributed by atoms with Gasteiger partial charge >= 0.3 is 0 Å². The Bertz CT molecular complexity index is 387. The molecule has 1 N–H and O–H groups in total. The highest BCUT2D eigenvalue weighted by Crippen LogP contribution is 1.83. The lowest BCUT2D eigenvalue weighted by Gasteiger charge is -2.02. The van der Waals surface area contributed by atoms with Crippen molar-refractivity contribution in [2.24, 2.45) is 4.99 Å². The Morgan fingerprint density at radius 1 is 1.37 bits per heavy atom. The minimum Gasteiger partial charge on any atom is -0.748 e. The molecule has 0 aromatic rings. The highest BCUT2D eigenvalue weighted by molar-refractivity contribution is 7.85. The van der Waals surface area contributed by atoms with Gasteiger partial charge in [-0.25, -0.2) is 13.4 Å². The normalized spacial score (nSPS) is 11.9. The lowest BCUT2D eigenvalue weighted by molar-refractivity contribution is -0.857. The summed E-state index contributed by atoms with van der Waals surface area (Å²) in [5, 5.41) is 0. The van der Waals surface area contributed by atoms with Gasteiger partial charge in [0.15, 0.2) is 0 Å². The quantitative estimate of drug-likeness (QED) is 0.411. The Morgan fingerprint density at radius 2 is 1.95 bits per heavy atom. The summed E-state index contributed by atoms with van der Waals surface area (Å²) in [5.74, 6) is -0.418. The number of amides is 1. The fourth-order valence-electron chi connectivity index (χ4n) is 0.943. The molecule has 0 rings (SSSR count). The van der Waals surface area contributed by atoms with E-state index in [9.17, 15) is 17.8 Å². The standard InChI is InChI=1S/C9H16N2O.C3H8O3S/c1-4-6-9(12)10-7-5-8-11(2)3;1-2-3-7(4,5)6/h4,6-7H,5,8H2,1-3H3;2-3H2,1H3,(H,4,5,6). The van der Waals surface area contributed by atoms with Crippen molar-refractivity contribution in [2.45, 2.75) is 26.7 Å². The van der Waals surface area contributed by atoms with Crippen LogP contribution in [0.25, 0.3) is 0 Å². The molecular weight excluding hydrogens is 268 g/mol. The molecular formula is C12H24N2O4S. The van der Waals surface area contributed by atoms with Crippen LogP contribution in [0.5, 0.6) is 0 Å². The number of rotatable bonds is 6. The van der Waals surface area contributed by atoms with Crippen LogP contribution in [0, 0.1) is 0 Å². The van der Waals surface area contributed by atoms with E-state index >= 15 is 0 Å². The molecule has 112 valence electrons. The Hall–Kier alpha value is -1.05. The summed E-state index contributed by atoms with van der Waals surface area (Å²) in [6.07, 6.45) is 6.09. The number of carbonyl (C=O) groups excluding carboxylic acids is 1. The summed E-state index contributed by atoms with van der Waals surface area (Å²) < 4.78 is 29.0. The Labute approximate surface area is 116 Å². The van der Waals surface area contributed by atoms with Crippen molar-refractivity contribution in [3.8, 4) is 0 Å². The van der Waals surface area contributed by atoms with Gasteiger partial charge < -0.3 is 9.45 Å². The topological polar surface area (TPSA) is 91.1 Å². The van der Waals surface area contributed by atoms with E-state index in [2.05, 4.69) is 19.1 Å². The molecule has 0 saturated heterocycles. The summed E-state index contributed by atoms with van der Waals surface area (Å²) in [6.45, 7) is 4.46. The van der Waals surface area contributed by atoms with Crippen molar-refractivity contribution in [1.82, 2.24) is 0 Å². The Kier molecular flexibility index (Phi) is 12.8. The van der Waals surface area contributed by atoms with Crippen LogP contribution in [-0.2, 0) is 14.9 Å². The van der Waals surface area contributed by atoms with Crippen molar-refractivity contribution in [1.29, 1.82) is 0 Å². The third-order valence-electron chi connectivity index (χ3n) is 1.76. The van der Waals surface area contributed by atoms with Gasteiger partial charge in [0, 0.05) is 24.5 Å². The molecule has 0 unspecified atom stereocenters. The average Bonchev–Trinajstić information content (AvgIpc) is 2.24. The van der Waals surface area contributed by atoms with Gasteiger partial charge in [0.2, 0.25) is 0 Å². The maximum Gasteiger partial charge on any atom is 0.269 e. The van der Waals surface area contributed by atoms with Gasteiger partial charge in [-0.3, -0.25) is 4.79 Å². The van der Waals surface area contributed by atoms with E-state index in [1.807, 2.05) is 0 Å². The first-order valence-corrected chi connectivity index (χ1v) is 7.72. The molecule has 0 saturated carbocycles. The third-order valence-corrected chi connectivity index (χ3v) is 2.66. The van der Waals surface area contributed by atoms with Crippen molar-refractivity contribution in [2.75, 3.05) is 26.4 Å². The molecule has 0 heterocycles. The van der Waals surface area contributed by atoms with Crippen LogP contribution in [0.1, 0.15) is 26.7 Å². The zero-order valence-corrected chi connectivity index (χ0v) is 12.9. The number of allylic oxidation sites excluding steroid dienone is 1. The monoisotopic (exact) mass is 292 g/mol. The molecule has 0 aliphatic heterocycles. The summed E-state index contributed by atoms with van der Waals surface area (Å²) >= 11 is 0. The van der Waals surface area contributed by atoms with Crippen LogP contribution >= 0.6 is 0 Å². The molecule has 0 aromatic carbocycles. The molecule has 0 atom stereocenters. The van der Waals surface area contributed by atoms with Gasteiger partial charge in [-0.2, -0.15) is 0 Å². The number of hydrogen-bond donors (Lipinski definition) is 1. The molecule has 0 aliphatic rings. The van der Waals surface area contributed by atoms with Crippen molar-refractivity contribution >= 4 is 22.2 Å². The maximum absolute atomic E-state index is 10.8. The molecule has 0 aromatic heterocycles. The van der Waals surface area contributed by atoms with Crippen LogP contribution in [-0.4, -0.2) is 51.5 Å². The Balaban J connectivity index is 0. The van der Waals surface area contributed by atoms with Gasteiger partial charge in [-0.1, -0.05) is 13.0 Å². The minimum atomic E-state index is -3.92. The lowest BCUT2D eigenvalue weighted by Crippen LogP contribution is -3.05. The molecule has 0 fully saturated rings. The van der Waals surface area contributed by atoms with Crippen LogP contribution in [0.2, 0.25) is 0 Å². The predicted molar refractivity (Wildman–Crippen MR) is 75.5 cm³/mol. The fraction of sp³-hybridized carbons (Fsp3) is 0.667. The molecule has 0 spiro atoms. The van der Waals surface area contributed by atoms with E-state index < -0.39 is 10.1 Å². The summed E-state index contributed by atoms with van der Waals surface area (Å²) in [5.41, 5.74) is 0. The highest BCUT2D eigenvalue weighted by Gasteiger charge is 1.90. The van der Waals surface area contributed by atoms with Crippen LogP contribution in [0.15, 0.2) is 17.1 Å². The zero-order chi connectivity index (χ0) is 15.3. The number of quaternary nitrogens is 1. The predicted octanol–water partition coefficient (Wildman–Crippen LogP) is -0.364. The number of carbonyl (C=O) groups is 1. The number of nitrogens with zero attached hydrogens (tertiary/aromatic N) is 1. The molecule has 0 aliphatic carbocycles. The van der Waals surface area contributed by atoms with Gasteiger partial charge in [0.25, 0.3) is 5.91 Å². The zero-order valence-electron chi connectivity index (χ0n) is 12.0. The molecule has 7 heteroatoms. The SMILES string of the molecule is CC=CC(=O)N=CCC[NH+](C)C.CCCS(=O)(=O)[O-]. The molecule has 0 bridgehead atoms. The van der Waals surface area contributed by atoms with Gasteiger partial charge in [0.1, 0.15) is 0 Å². The van der Waals surface area contributed by atoms with E-state index in [4.69, 9.17) is 0 Å². The number of aliphatic imine (C=N–C) groups is 1. The summed E-state index contributed by atoms with van der Waals surface area (Å²) in [4.78, 5) is 15.9. The van der Waals surface area contributed by atoms with E-state index in [0.29, 0.717) is 6.42 Å². The smallest absolute Gasteiger partial charge is 0.269 e. The summed E-state index contributed by atoms with van der Waals surface area (Å²) in [7, 11) is 0.218. The average molecular weight is 292 g/mol. The number of hydrogen-bond acceptors (Lipinski definition) is 4. The highest BCUT2D eigenvalue weighted by atomic mass is 32.2. The first kappa shape index (κ1) is 20.3. The first-order chi connectivity index (χ1) is 8.72. The molecule has 1 amide bonds. The van der Waals surface area contributed by atoms with Gasteiger partial charge in [-0.15, -0.1) is 0 Å². The van der Waals surface area contributed by atoms with E-state index in [0.717, 1.165) is 13.0 Å². The van der Waals surface area contributed by atoms with Crippen molar-refractivity contribution in [3.63, 3.8) is 0 Å². The maximum atomic E-state index is 10.8. The van der Waals surface area contributed by atoms with Crippen molar-refractivity contribution < 1.29 is 22.7 Å². The van der Waals surface area contributed by atoms with Crippen LogP contribution in [0.3, 0.4) is 0 Å². The van der Waals surface area contributed by atoms with E-state index in [-0.39, 0.29) is 11.7 Å². The second-order valence-electron chi connectivity index (χ2n) is 4.16. The second kappa shape index (κ2) is 12.0. The first-order valence-electron chi connectivity index (χ1n) is 6.14. The molecule has 19 heavy (non-hydrogen) atoms. The third kappa shape index (κ3) is 22.6. The van der Waals surface area contributed by atoms with Crippen LogP contribution < -0.4 is 4.90 Å². The summed E-state index contributed by atoms with van der Waals surface area (Å²) in [6, 6.07) is 0. The number of nitrogens with one attached hydrogen (secondary N) is 1. The molecule has 6 nitrogen and oxygen atoms in total. The van der Waals surface area contributed by atoms with E-state index in [1.165, 1.54) is 11.0 Å². The lowest BCUT2D eigenvalue weighted by atomic mass is 10.4. The second-order valence-corrected chi connectivity index (χ2v) is 5.68. The van der Waals surface area contributed by atoms with Crippen molar-refractivity contribution in [3.05, 3.63) is 12.2 Å². The largest absolute Gasteiger partial charge is 0.748 e. The molecule has 0 radical (unpaired) electrons. The van der Waals surface area contributed by atoms with Gasteiger partial charge in [-0.05, 0) is 13.3 Å². The minimum absolute atomic E-state index is 0.175. The van der Waals surface area contributed by atoms with E-state index in [1.54, 1.807) is 26.1 Å². The van der Waals surface area contributed by atoms with Crippen LogP contribution in [0.4, 0.5) is 0 Å². The van der Waals surface area contributed by atoms with Gasteiger partial charge in [0.05, 0.1) is 30.8 Å². The Morgan fingerprint density at radius 3 is 2.26 bits per heavy atom.